The molecule has 2 N–H and O–H groups in total. The van der Waals surface area contributed by atoms with Crippen molar-refractivity contribution < 1.29 is 18.0 Å². The van der Waals surface area contributed by atoms with Gasteiger partial charge in [-0.15, -0.1) is 12.4 Å². The molecule has 21 heavy (non-hydrogen) atoms. The van der Waals surface area contributed by atoms with Crippen LogP contribution in [0.15, 0.2) is 24.3 Å². The van der Waals surface area contributed by atoms with Gasteiger partial charge in [-0.3, -0.25) is 4.79 Å². The number of halogens is 4. The molecule has 0 saturated carbocycles. The molecule has 1 heterocycles. The number of carbonyl (C=O) groups excluding carboxylic acids is 1. The Morgan fingerprint density at radius 1 is 1.33 bits per heavy atom. The lowest BCUT2D eigenvalue weighted by atomic mass is 9.94. The lowest BCUT2D eigenvalue weighted by molar-refractivity contribution is -0.137. The topological polar surface area (TPSA) is 41.1 Å². The Hall–Kier alpha value is -1.27. The highest BCUT2D eigenvalue weighted by Gasteiger charge is 2.35. The van der Waals surface area contributed by atoms with E-state index in [2.05, 4.69) is 10.6 Å². The first-order valence-electron chi connectivity index (χ1n) is 6.57. The average Bonchev–Trinajstić information content (AvgIpc) is 2.40. The van der Waals surface area contributed by atoms with Crippen molar-refractivity contribution >= 4 is 18.3 Å². The molecule has 0 aromatic heterocycles. The molecule has 2 unspecified atom stereocenters. The Morgan fingerprint density at radius 2 is 2.00 bits per heavy atom. The molecule has 0 radical (unpaired) electrons. The van der Waals surface area contributed by atoms with Crippen LogP contribution in [0.25, 0.3) is 0 Å². The summed E-state index contributed by atoms with van der Waals surface area (Å²) in [4.78, 5) is 12.1. The minimum absolute atomic E-state index is 0. The standard InChI is InChI=1S/C14H17F3N2O.ClH/c1-9-6-7-18-8-12(9)19-13(20)10-4-2-3-5-11(10)14(15,16)17;/h2-5,9,12,18H,6-8H2,1H3,(H,19,20);1H. The van der Waals surface area contributed by atoms with Crippen LogP contribution in [-0.2, 0) is 6.18 Å². The zero-order valence-electron chi connectivity index (χ0n) is 11.5. The molecule has 118 valence electrons. The van der Waals surface area contributed by atoms with Gasteiger partial charge in [-0.1, -0.05) is 19.1 Å². The molecule has 2 rings (SSSR count). The second-order valence-corrected chi connectivity index (χ2v) is 5.09. The van der Waals surface area contributed by atoms with E-state index in [1.165, 1.54) is 18.2 Å². The van der Waals surface area contributed by atoms with E-state index in [0.717, 1.165) is 19.0 Å². The van der Waals surface area contributed by atoms with Gasteiger partial charge in [0.1, 0.15) is 0 Å². The number of benzene rings is 1. The van der Waals surface area contributed by atoms with E-state index in [1.807, 2.05) is 6.92 Å². The number of piperidine rings is 1. The molecular weight excluding hydrogens is 305 g/mol. The van der Waals surface area contributed by atoms with Crippen LogP contribution >= 0.6 is 12.4 Å². The number of nitrogens with one attached hydrogen (secondary N) is 2. The molecule has 1 aromatic rings. The smallest absolute Gasteiger partial charge is 0.348 e. The molecule has 1 saturated heterocycles. The molecule has 2 atom stereocenters. The van der Waals surface area contributed by atoms with Gasteiger partial charge in [-0.25, -0.2) is 0 Å². The summed E-state index contributed by atoms with van der Waals surface area (Å²) in [7, 11) is 0. The van der Waals surface area contributed by atoms with Crippen molar-refractivity contribution in [2.75, 3.05) is 13.1 Å². The normalized spacial score (nSPS) is 22.3. The summed E-state index contributed by atoms with van der Waals surface area (Å²) < 4.78 is 38.6. The van der Waals surface area contributed by atoms with Crippen LogP contribution in [0, 0.1) is 5.92 Å². The maximum Gasteiger partial charge on any atom is 0.417 e. The maximum absolute atomic E-state index is 12.9. The lowest BCUT2D eigenvalue weighted by Crippen LogP contribution is -2.50. The highest BCUT2D eigenvalue weighted by molar-refractivity contribution is 5.96. The minimum Gasteiger partial charge on any atom is -0.348 e. The number of hydrogen-bond donors (Lipinski definition) is 2. The van der Waals surface area contributed by atoms with Crippen molar-refractivity contribution in [1.29, 1.82) is 0 Å². The van der Waals surface area contributed by atoms with Crippen molar-refractivity contribution in [3.63, 3.8) is 0 Å². The highest BCUT2D eigenvalue weighted by Crippen LogP contribution is 2.31. The predicted molar refractivity (Wildman–Crippen MR) is 76.6 cm³/mol. The molecule has 7 heteroatoms. The first kappa shape index (κ1) is 17.8. The van der Waals surface area contributed by atoms with Crippen LogP contribution in [0.4, 0.5) is 13.2 Å². The van der Waals surface area contributed by atoms with E-state index in [1.54, 1.807) is 0 Å². The molecule has 1 amide bonds. The van der Waals surface area contributed by atoms with Gasteiger partial charge >= 0.3 is 6.18 Å². The summed E-state index contributed by atoms with van der Waals surface area (Å²) in [6, 6.07) is 4.71. The fourth-order valence-corrected chi connectivity index (χ4v) is 2.36. The van der Waals surface area contributed by atoms with Crippen LogP contribution < -0.4 is 10.6 Å². The molecule has 1 aliphatic rings. The van der Waals surface area contributed by atoms with Gasteiger partial charge < -0.3 is 10.6 Å². The van der Waals surface area contributed by atoms with Gasteiger partial charge in [0.15, 0.2) is 0 Å². The molecule has 3 nitrogen and oxygen atoms in total. The van der Waals surface area contributed by atoms with Crippen LogP contribution in [0.3, 0.4) is 0 Å². The predicted octanol–water partition coefficient (Wildman–Crippen LogP) is 2.86. The van der Waals surface area contributed by atoms with Crippen LogP contribution in [0.1, 0.15) is 29.3 Å². The molecule has 0 spiro atoms. The third-order valence-corrected chi connectivity index (χ3v) is 3.62. The van der Waals surface area contributed by atoms with Gasteiger partial charge in [-0.2, -0.15) is 13.2 Å². The summed E-state index contributed by atoms with van der Waals surface area (Å²) in [5.41, 5.74) is -1.22. The Bertz CT molecular complexity index is 493. The number of amides is 1. The largest absolute Gasteiger partial charge is 0.417 e. The number of hydrogen-bond acceptors (Lipinski definition) is 2. The quantitative estimate of drug-likeness (QED) is 0.879. The summed E-state index contributed by atoms with van der Waals surface area (Å²) in [6.45, 7) is 3.44. The second-order valence-electron chi connectivity index (χ2n) is 5.09. The lowest BCUT2D eigenvalue weighted by Gasteiger charge is -2.30. The fourth-order valence-electron chi connectivity index (χ4n) is 2.36. The molecule has 1 fully saturated rings. The van der Waals surface area contributed by atoms with Gasteiger partial charge in [0, 0.05) is 12.6 Å². The van der Waals surface area contributed by atoms with Crippen LogP contribution in [0.5, 0.6) is 0 Å². The van der Waals surface area contributed by atoms with Gasteiger partial charge in [0.25, 0.3) is 5.91 Å². The van der Waals surface area contributed by atoms with Gasteiger partial charge in [-0.05, 0) is 31.0 Å². The van der Waals surface area contributed by atoms with Crippen molar-refractivity contribution in [3.8, 4) is 0 Å². The average molecular weight is 323 g/mol. The van der Waals surface area contributed by atoms with E-state index in [-0.39, 0.29) is 29.9 Å². The summed E-state index contributed by atoms with van der Waals surface area (Å²) in [5.74, 6) is -0.420. The third-order valence-electron chi connectivity index (χ3n) is 3.62. The Balaban J connectivity index is 0.00000220. The number of carbonyl (C=O) groups is 1. The Morgan fingerprint density at radius 3 is 2.62 bits per heavy atom. The monoisotopic (exact) mass is 322 g/mol. The van der Waals surface area contributed by atoms with E-state index in [9.17, 15) is 18.0 Å². The number of rotatable bonds is 2. The van der Waals surface area contributed by atoms with E-state index in [0.29, 0.717) is 6.54 Å². The van der Waals surface area contributed by atoms with E-state index >= 15 is 0 Å². The zero-order valence-corrected chi connectivity index (χ0v) is 12.4. The maximum atomic E-state index is 12.9. The molecule has 1 aromatic carbocycles. The second kappa shape index (κ2) is 7.13. The highest BCUT2D eigenvalue weighted by atomic mass is 35.5. The summed E-state index contributed by atoms with van der Waals surface area (Å²) >= 11 is 0. The van der Waals surface area contributed by atoms with E-state index < -0.39 is 17.6 Å². The molecular formula is C14H18ClF3N2O. The molecule has 0 bridgehead atoms. The third kappa shape index (κ3) is 4.35. The Kier molecular flexibility index (Phi) is 6.04. The fraction of sp³-hybridized carbons (Fsp3) is 0.500. The number of alkyl halides is 3. The van der Waals surface area contributed by atoms with Crippen molar-refractivity contribution in [3.05, 3.63) is 35.4 Å². The summed E-state index contributed by atoms with van der Waals surface area (Å²) in [5, 5.41) is 5.83. The van der Waals surface area contributed by atoms with Crippen molar-refractivity contribution in [1.82, 2.24) is 10.6 Å². The first-order valence-corrected chi connectivity index (χ1v) is 6.57. The van der Waals surface area contributed by atoms with Crippen LogP contribution in [-0.4, -0.2) is 25.0 Å². The molecule has 0 aliphatic carbocycles. The zero-order chi connectivity index (χ0) is 14.8. The SMILES string of the molecule is CC1CCNCC1NC(=O)c1ccccc1C(F)(F)F.Cl. The Labute approximate surface area is 127 Å². The van der Waals surface area contributed by atoms with Crippen molar-refractivity contribution in [2.24, 2.45) is 5.92 Å². The van der Waals surface area contributed by atoms with Gasteiger partial charge in [0.05, 0.1) is 11.1 Å². The van der Waals surface area contributed by atoms with E-state index in [4.69, 9.17) is 0 Å². The minimum atomic E-state index is -4.52. The van der Waals surface area contributed by atoms with Gasteiger partial charge in [0.2, 0.25) is 0 Å². The van der Waals surface area contributed by atoms with Crippen molar-refractivity contribution in [2.45, 2.75) is 25.6 Å². The first-order chi connectivity index (χ1) is 9.39. The molecule has 1 aliphatic heterocycles. The van der Waals surface area contributed by atoms with Crippen LogP contribution in [0.2, 0.25) is 0 Å². The summed E-state index contributed by atoms with van der Waals surface area (Å²) in [6.07, 6.45) is -3.63.